The third-order valence-corrected chi connectivity index (χ3v) is 6.22. The van der Waals surface area contributed by atoms with Crippen LogP contribution in [0.3, 0.4) is 0 Å². The van der Waals surface area contributed by atoms with Gasteiger partial charge in [-0.25, -0.2) is 4.68 Å². The highest BCUT2D eigenvalue weighted by molar-refractivity contribution is 6.30. The number of rotatable bonds is 3. The number of carbonyl (C=O) groups excluding carboxylic acids is 2. The highest BCUT2D eigenvalue weighted by Gasteiger charge is 2.42. The average molecular weight is 447 g/mol. The van der Waals surface area contributed by atoms with E-state index in [4.69, 9.17) is 11.6 Å². The maximum atomic E-state index is 13.2. The average Bonchev–Trinajstić information content (AvgIpc) is 3.17. The Morgan fingerprint density at radius 2 is 1.84 bits per heavy atom. The molecule has 6 nitrogen and oxygen atoms in total. The van der Waals surface area contributed by atoms with Crippen molar-refractivity contribution in [3.63, 3.8) is 0 Å². The molecule has 0 fully saturated rings. The van der Waals surface area contributed by atoms with Crippen molar-refractivity contribution >= 4 is 34.8 Å². The molecule has 2 aromatic carbocycles. The van der Waals surface area contributed by atoms with E-state index in [0.29, 0.717) is 28.5 Å². The van der Waals surface area contributed by atoms with Crippen LogP contribution in [0.2, 0.25) is 5.02 Å². The summed E-state index contributed by atoms with van der Waals surface area (Å²) in [5.74, 6) is 0.429. The van der Waals surface area contributed by atoms with Crippen molar-refractivity contribution in [1.82, 2.24) is 9.78 Å². The van der Waals surface area contributed by atoms with E-state index in [9.17, 15) is 9.59 Å². The molecule has 1 aliphatic carbocycles. The fourth-order valence-electron chi connectivity index (χ4n) is 4.55. The molecule has 2 N–H and O–H groups in total. The number of hydrogen-bond donors (Lipinski definition) is 2. The number of nitrogens with one attached hydrogen (secondary N) is 2. The van der Waals surface area contributed by atoms with Crippen LogP contribution in [0.15, 0.2) is 72.1 Å². The minimum absolute atomic E-state index is 0.117. The van der Waals surface area contributed by atoms with Crippen LogP contribution in [0, 0.1) is 5.41 Å². The third kappa shape index (κ3) is 3.60. The van der Waals surface area contributed by atoms with Crippen molar-refractivity contribution in [2.24, 2.45) is 5.41 Å². The molecule has 162 valence electrons. The fourth-order valence-corrected chi connectivity index (χ4v) is 4.68. The summed E-state index contributed by atoms with van der Waals surface area (Å²) in [5, 5.41) is 11.4. The van der Waals surface area contributed by atoms with Crippen molar-refractivity contribution in [3.8, 4) is 0 Å². The van der Waals surface area contributed by atoms with Gasteiger partial charge in [-0.2, -0.15) is 5.10 Å². The summed E-state index contributed by atoms with van der Waals surface area (Å²) in [6.45, 7) is 4.18. The standard InChI is InChI=1S/C25H23ClN4O2/c1-25(2)12-19-21(20(31)13-25)22(15-6-4-3-5-7-15)30-23(29-19)18(14-27-30)24(32)28-17-10-8-16(26)9-11-17/h3-11,14,22,29H,12-13H2,1-2H3,(H,28,32)/t22-/m1/s1. The first-order chi connectivity index (χ1) is 15.3. The lowest BCUT2D eigenvalue weighted by molar-refractivity contribution is -0.118. The number of halogens is 1. The van der Waals surface area contributed by atoms with E-state index >= 15 is 0 Å². The lowest BCUT2D eigenvalue weighted by Gasteiger charge is -2.39. The van der Waals surface area contributed by atoms with Crippen molar-refractivity contribution in [2.45, 2.75) is 32.7 Å². The van der Waals surface area contributed by atoms with E-state index in [1.165, 1.54) is 0 Å². The SMILES string of the molecule is CC1(C)CC(=O)C2=C(C1)Nc1c(C(=O)Nc3ccc(Cl)cc3)cnn1[C@@H]2c1ccccc1. The van der Waals surface area contributed by atoms with Gasteiger partial charge in [0, 0.05) is 28.4 Å². The molecule has 1 atom stereocenters. The first-order valence-corrected chi connectivity index (χ1v) is 10.9. The van der Waals surface area contributed by atoms with Gasteiger partial charge < -0.3 is 10.6 Å². The van der Waals surface area contributed by atoms with E-state index in [0.717, 1.165) is 23.3 Å². The summed E-state index contributed by atoms with van der Waals surface area (Å²) < 4.78 is 1.75. The van der Waals surface area contributed by atoms with Gasteiger partial charge in [0.2, 0.25) is 0 Å². The molecule has 1 aromatic heterocycles. The predicted molar refractivity (Wildman–Crippen MR) is 125 cm³/mol. The van der Waals surface area contributed by atoms with E-state index in [1.807, 2.05) is 30.3 Å². The van der Waals surface area contributed by atoms with Gasteiger partial charge in [0.1, 0.15) is 17.4 Å². The van der Waals surface area contributed by atoms with Gasteiger partial charge in [-0.05, 0) is 41.7 Å². The monoisotopic (exact) mass is 446 g/mol. The van der Waals surface area contributed by atoms with Crippen LogP contribution in [0.1, 0.15) is 48.7 Å². The van der Waals surface area contributed by atoms with Gasteiger partial charge in [0.05, 0.1) is 6.20 Å². The molecule has 3 aromatic rings. The highest BCUT2D eigenvalue weighted by Crippen LogP contribution is 2.46. The number of ketones is 1. The summed E-state index contributed by atoms with van der Waals surface area (Å²) in [4.78, 5) is 26.3. The summed E-state index contributed by atoms with van der Waals surface area (Å²) in [6.07, 6.45) is 2.76. The van der Waals surface area contributed by atoms with E-state index in [-0.39, 0.29) is 23.1 Å². The number of benzene rings is 2. The Kier molecular flexibility index (Phi) is 4.90. The van der Waals surface area contributed by atoms with Gasteiger partial charge in [0.15, 0.2) is 5.78 Å². The maximum Gasteiger partial charge on any atom is 0.261 e. The van der Waals surface area contributed by atoms with Crippen LogP contribution in [0.5, 0.6) is 0 Å². The number of fused-ring (bicyclic) bond motifs is 1. The first kappa shape index (κ1) is 20.5. The highest BCUT2D eigenvalue weighted by atomic mass is 35.5. The number of anilines is 2. The number of aromatic nitrogens is 2. The van der Waals surface area contributed by atoms with Gasteiger partial charge in [-0.15, -0.1) is 0 Å². The lowest BCUT2D eigenvalue weighted by atomic mass is 9.73. The summed E-state index contributed by atoms with van der Waals surface area (Å²) >= 11 is 5.95. The zero-order valence-electron chi connectivity index (χ0n) is 17.9. The molecule has 0 saturated heterocycles. The fraction of sp³-hybridized carbons (Fsp3) is 0.240. The van der Waals surface area contributed by atoms with Crippen molar-refractivity contribution in [3.05, 3.63) is 88.2 Å². The normalized spacial score (nSPS) is 19.1. The first-order valence-electron chi connectivity index (χ1n) is 10.5. The van der Waals surface area contributed by atoms with Crippen molar-refractivity contribution in [2.75, 3.05) is 10.6 Å². The molecule has 0 unspecified atom stereocenters. The quantitative estimate of drug-likeness (QED) is 0.561. The molecule has 5 rings (SSSR count). The summed E-state index contributed by atoms with van der Waals surface area (Å²) in [6, 6.07) is 16.4. The van der Waals surface area contributed by atoms with Crippen LogP contribution in [0.25, 0.3) is 0 Å². The van der Waals surface area contributed by atoms with E-state index < -0.39 is 0 Å². The molecule has 32 heavy (non-hydrogen) atoms. The third-order valence-electron chi connectivity index (χ3n) is 5.96. The molecule has 0 spiro atoms. The molecule has 0 bridgehead atoms. The second kappa shape index (κ2) is 7.64. The number of allylic oxidation sites excluding steroid dienone is 2. The van der Waals surface area contributed by atoms with Crippen molar-refractivity contribution < 1.29 is 9.59 Å². The van der Waals surface area contributed by atoms with Gasteiger partial charge in [0.25, 0.3) is 5.91 Å². The second-order valence-corrected chi connectivity index (χ2v) is 9.52. The number of Topliss-reactive ketones (excluding diaryl/α,β-unsaturated/α-hetero) is 1. The Hall–Kier alpha value is -3.38. The smallest absolute Gasteiger partial charge is 0.261 e. The molecule has 2 heterocycles. The Balaban J connectivity index is 1.58. The van der Waals surface area contributed by atoms with E-state index in [1.54, 1.807) is 35.1 Å². The number of amides is 1. The minimum Gasteiger partial charge on any atom is -0.343 e. The van der Waals surface area contributed by atoms with Crippen LogP contribution in [-0.2, 0) is 4.79 Å². The minimum atomic E-state index is -0.372. The molecule has 2 aliphatic rings. The lowest BCUT2D eigenvalue weighted by Crippen LogP contribution is -2.36. The van der Waals surface area contributed by atoms with Gasteiger partial charge >= 0.3 is 0 Å². The largest absolute Gasteiger partial charge is 0.343 e. The van der Waals surface area contributed by atoms with Crippen LogP contribution in [-0.4, -0.2) is 21.5 Å². The molecular weight excluding hydrogens is 424 g/mol. The zero-order chi connectivity index (χ0) is 22.5. The molecule has 1 aliphatic heterocycles. The van der Waals surface area contributed by atoms with E-state index in [2.05, 4.69) is 29.6 Å². The number of hydrogen-bond acceptors (Lipinski definition) is 4. The van der Waals surface area contributed by atoms with Crippen LogP contribution >= 0.6 is 11.6 Å². The van der Waals surface area contributed by atoms with Gasteiger partial charge in [-0.1, -0.05) is 55.8 Å². The molecule has 0 saturated carbocycles. The second-order valence-electron chi connectivity index (χ2n) is 9.08. The Labute approximate surface area is 191 Å². The number of carbonyl (C=O) groups is 2. The number of nitrogens with zero attached hydrogens (tertiary/aromatic N) is 2. The Bertz CT molecular complexity index is 1240. The van der Waals surface area contributed by atoms with Crippen LogP contribution < -0.4 is 10.6 Å². The molecule has 7 heteroatoms. The maximum absolute atomic E-state index is 13.2. The summed E-state index contributed by atoms with van der Waals surface area (Å²) in [7, 11) is 0. The van der Waals surface area contributed by atoms with Crippen LogP contribution in [0.4, 0.5) is 11.5 Å². The van der Waals surface area contributed by atoms with Crippen molar-refractivity contribution in [1.29, 1.82) is 0 Å². The summed E-state index contributed by atoms with van der Waals surface area (Å²) in [5.41, 5.74) is 3.47. The topological polar surface area (TPSA) is 76.0 Å². The Morgan fingerprint density at radius 1 is 1.12 bits per heavy atom. The molecule has 0 radical (unpaired) electrons. The predicted octanol–water partition coefficient (Wildman–Crippen LogP) is 5.45. The molecular formula is C25H23ClN4O2. The zero-order valence-corrected chi connectivity index (χ0v) is 18.6. The van der Waals surface area contributed by atoms with Gasteiger partial charge in [-0.3, -0.25) is 9.59 Å². The Morgan fingerprint density at radius 3 is 2.56 bits per heavy atom. The molecule has 1 amide bonds.